The number of rotatable bonds is 3. The van der Waals surface area contributed by atoms with Gasteiger partial charge in [-0.3, -0.25) is 0 Å². The van der Waals surface area contributed by atoms with Gasteiger partial charge in [0.1, 0.15) is 17.0 Å². The van der Waals surface area contributed by atoms with Crippen LogP contribution in [-0.4, -0.2) is 23.6 Å². The van der Waals surface area contributed by atoms with Crippen molar-refractivity contribution in [3.8, 4) is 0 Å². The Labute approximate surface area is 96.9 Å². The lowest BCUT2D eigenvalue weighted by molar-refractivity contribution is 0.569. The number of aromatic amines is 1. The van der Waals surface area contributed by atoms with E-state index in [-0.39, 0.29) is 5.95 Å². The molecule has 90 valence electrons. The van der Waals surface area contributed by atoms with E-state index in [1.54, 1.807) is 6.92 Å². The predicted molar refractivity (Wildman–Crippen MR) is 58.3 cm³/mol. The Morgan fingerprint density at radius 1 is 1.41 bits per heavy atom. The Bertz CT molecular complexity index is 624. The van der Waals surface area contributed by atoms with Crippen molar-refractivity contribution in [1.82, 2.24) is 15.2 Å². The van der Waals surface area contributed by atoms with Gasteiger partial charge >= 0.3 is 0 Å². The smallest absolute Gasteiger partial charge is 0.247 e. The van der Waals surface area contributed by atoms with Gasteiger partial charge < -0.3 is 0 Å². The van der Waals surface area contributed by atoms with E-state index < -0.39 is 20.7 Å². The van der Waals surface area contributed by atoms with Crippen molar-refractivity contribution in [3.63, 3.8) is 0 Å². The second-order valence-corrected chi connectivity index (χ2v) is 5.02. The molecule has 0 unspecified atom stereocenters. The molecule has 1 aromatic carbocycles. The Morgan fingerprint density at radius 3 is 2.82 bits per heavy atom. The quantitative estimate of drug-likeness (QED) is 0.859. The Kier molecular flexibility index (Phi) is 2.80. The minimum Gasteiger partial charge on any atom is -0.247 e. The fourth-order valence-electron chi connectivity index (χ4n) is 1.25. The monoisotopic (exact) mass is 256 g/mol. The Hall–Kier alpha value is -1.96. The third-order valence-electron chi connectivity index (χ3n) is 2.02. The summed E-state index contributed by atoms with van der Waals surface area (Å²) in [6.45, 7) is 1.67. The highest BCUT2D eigenvalue weighted by Crippen LogP contribution is 2.18. The molecule has 0 aliphatic rings. The highest BCUT2D eigenvalue weighted by Gasteiger charge is 2.20. The molecule has 2 rings (SSSR count). The molecule has 1 heterocycles. The molecule has 2 N–H and O–H groups in total. The number of nitrogens with zero attached hydrogens (tertiary/aromatic N) is 2. The molecule has 0 bridgehead atoms. The highest BCUT2D eigenvalue weighted by atomic mass is 32.2. The zero-order chi connectivity index (χ0) is 12.5. The van der Waals surface area contributed by atoms with Gasteiger partial charge in [-0.25, -0.2) is 22.6 Å². The maximum absolute atomic E-state index is 13.4. The summed E-state index contributed by atoms with van der Waals surface area (Å²) in [6.07, 6.45) is 1.14. The van der Waals surface area contributed by atoms with Crippen molar-refractivity contribution in [2.45, 2.75) is 11.8 Å². The van der Waals surface area contributed by atoms with Crippen molar-refractivity contribution >= 4 is 16.0 Å². The summed E-state index contributed by atoms with van der Waals surface area (Å²) in [7, 11) is -4.00. The summed E-state index contributed by atoms with van der Waals surface area (Å²) in [6, 6.07) is 3.83. The summed E-state index contributed by atoms with van der Waals surface area (Å²) in [5.74, 6) is -0.881. The number of aromatic nitrogens is 3. The van der Waals surface area contributed by atoms with E-state index in [0.29, 0.717) is 5.56 Å². The van der Waals surface area contributed by atoms with Gasteiger partial charge in [0.05, 0.1) is 0 Å². The number of hydrogen-bond donors (Lipinski definition) is 2. The summed E-state index contributed by atoms with van der Waals surface area (Å²) < 4.78 is 39.2. The molecule has 0 atom stereocenters. The highest BCUT2D eigenvalue weighted by molar-refractivity contribution is 7.92. The fourth-order valence-corrected chi connectivity index (χ4v) is 2.38. The van der Waals surface area contributed by atoms with Crippen LogP contribution in [-0.2, 0) is 10.0 Å². The molecule has 2 aromatic rings. The van der Waals surface area contributed by atoms with Gasteiger partial charge in [0.2, 0.25) is 5.95 Å². The fraction of sp³-hybridized carbons (Fsp3) is 0.111. The van der Waals surface area contributed by atoms with E-state index >= 15 is 0 Å². The van der Waals surface area contributed by atoms with Crippen LogP contribution >= 0.6 is 0 Å². The van der Waals surface area contributed by atoms with Crippen LogP contribution in [0.5, 0.6) is 0 Å². The van der Waals surface area contributed by atoms with E-state index in [2.05, 4.69) is 19.9 Å². The first-order valence-corrected chi connectivity index (χ1v) is 6.12. The van der Waals surface area contributed by atoms with Gasteiger partial charge in [0.15, 0.2) is 0 Å². The van der Waals surface area contributed by atoms with Crippen molar-refractivity contribution in [3.05, 3.63) is 35.9 Å². The summed E-state index contributed by atoms with van der Waals surface area (Å²) in [5, 5.41) is 5.81. The molecule has 17 heavy (non-hydrogen) atoms. The number of aryl methyl sites for hydroxylation is 1. The third kappa shape index (κ3) is 2.41. The molecule has 0 spiro atoms. The number of sulfonamides is 1. The van der Waals surface area contributed by atoms with Crippen LogP contribution in [0.1, 0.15) is 5.56 Å². The molecule has 0 radical (unpaired) electrons. The zero-order valence-corrected chi connectivity index (χ0v) is 9.62. The Morgan fingerprint density at radius 2 is 2.18 bits per heavy atom. The molecule has 1 aromatic heterocycles. The normalized spacial score (nSPS) is 11.4. The summed E-state index contributed by atoms with van der Waals surface area (Å²) in [4.78, 5) is 3.18. The summed E-state index contributed by atoms with van der Waals surface area (Å²) in [5.41, 5.74) is 0.643. The first-order chi connectivity index (χ1) is 7.99. The van der Waals surface area contributed by atoms with Crippen LogP contribution in [0.25, 0.3) is 0 Å². The van der Waals surface area contributed by atoms with Gasteiger partial charge in [-0.15, -0.1) is 0 Å². The van der Waals surface area contributed by atoms with Crippen LogP contribution in [0.2, 0.25) is 0 Å². The number of anilines is 1. The second-order valence-electron chi connectivity index (χ2n) is 3.37. The molecule has 0 amide bonds. The summed E-state index contributed by atoms with van der Waals surface area (Å²) >= 11 is 0. The van der Waals surface area contributed by atoms with E-state index in [4.69, 9.17) is 0 Å². The standard InChI is InChI=1S/C9H9FN4O2S/c1-6-2-3-7(10)8(4-6)17(15,16)14-9-11-5-12-13-9/h2-5H,1H3,(H2,11,12,13,14). The first kappa shape index (κ1) is 11.5. The number of nitrogens with one attached hydrogen (secondary N) is 2. The van der Waals surface area contributed by atoms with Gasteiger partial charge in [-0.2, -0.15) is 10.1 Å². The second kappa shape index (κ2) is 4.13. The average Bonchev–Trinajstić information content (AvgIpc) is 2.73. The SMILES string of the molecule is Cc1ccc(F)c(S(=O)(=O)Nc2ncn[nH]2)c1. The Balaban J connectivity index is 2.41. The van der Waals surface area contributed by atoms with Crippen molar-refractivity contribution < 1.29 is 12.8 Å². The van der Waals surface area contributed by atoms with Gasteiger partial charge in [0, 0.05) is 0 Å². The average molecular weight is 256 g/mol. The number of halogens is 1. The number of benzene rings is 1. The molecule has 0 fully saturated rings. The van der Waals surface area contributed by atoms with E-state index in [1.165, 1.54) is 12.1 Å². The lowest BCUT2D eigenvalue weighted by Gasteiger charge is -2.06. The lowest BCUT2D eigenvalue weighted by atomic mass is 10.2. The molecule has 0 saturated heterocycles. The maximum atomic E-state index is 13.4. The maximum Gasteiger partial charge on any atom is 0.267 e. The van der Waals surface area contributed by atoms with Crippen molar-refractivity contribution in [2.24, 2.45) is 0 Å². The van der Waals surface area contributed by atoms with Crippen LogP contribution in [0, 0.1) is 12.7 Å². The number of H-pyrrole nitrogens is 1. The van der Waals surface area contributed by atoms with Gasteiger partial charge in [-0.05, 0) is 24.6 Å². The van der Waals surface area contributed by atoms with E-state index in [1.807, 2.05) is 0 Å². The van der Waals surface area contributed by atoms with Crippen LogP contribution < -0.4 is 4.72 Å². The molecule has 6 nitrogen and oxygen atoms in total. The van der Waals surface area contributed by atoms with Gasteiger partial charge in [-0.1, -0.05) is 6.07 Å². The molecular formula is C9H9FN4O2S. The van der Waals surface area contributed by atoms with Crippen molar-refractivity contribution in [2.75, 3.05) is 4.72 Å². The van der Waals surface area contributed by atoms with E-state index in [0.717, 1.165) is 12.4 Å². The van der Waals surface area contributed by atoms with Crippen LogP contribution in [0.3, 0.4) is 0 Å². The lowest BCUT2D eigenvalue weighted by Crippen LogP contribution is -2.15. The molecular weight excluding hydrogens is 247 g/mol. The first-order valence-electron chi connectivity index (χ1n) is 4.63. The largest absolute Gasteiger partial charge is 0.267 e. The molecule has 0 saturated carbocycles. The third-order valence-corrected chi connectivity index (χ3v) is 3.38. The molecule has 8 heteroatoms. The topological polar surface area (TPSA) is 87.7 Å². The van der Waals surface area contributed by atoms with Crippen LogP contribution in [0.15, 0.2) is 29.4 Å². The minimum atomic E-state index is -4.00. The van der Waals surface area contributed by atoms with Crippen molar-refractivity contribution in [1.29, 1.82) is 0 Å². The van der Waals surface area contributed by atoms with Gasteiger partial charge in [0.25, 0.3) is 10.0 Å². The van der Waals surface area contributed by atoms with E-state index in [9.17, 15) is 12.8 Å². The zero-order valence-electron chi connectivity index (χ0n) is 8.81. The predicted octanol–water partition coefficient (Wildman–Crippen LogP) is 1.05. The molecule has 0 aliphatic carbocycles. The number of hydrogen-bond acceptors (Lipinski definition) is 4. The molecule has 0 aliphatic heterocycles. The van der Waals surface area contributed by atoms with Crippen LogP contribution in [0.4, 0.5) is 10.3 Å². The minimum absolute atomic E-state index is 0.0640.